The van der Waals surface area contributed by atoms with E-state index in [1.165, 1.54) is 17.3 Å². The molecule has 0 aliphatic rings. The fourth-order valence-electron chi connectivity index (χ4n) is 2.55. The first-order valence-corrected chi connectivity index (χ1v) is 11.0. The van der Waals surface area contributed by atoms with E-state index in [1.807, 2.05) is 18.2 Å². The van der Waals surface area contributed by atoms with Crippen LogP contribution in [-0.4, -0.2) is 36.6 Å². The highest BCUT2D eigenvalue weighted by molar-refractivity contribution is 8.00. The molecule has 1 amide bonds. The van der Waals surface area contributed by atoms with Crippen LogP contribution in [0.5, 0.6) is 0 Å². The van der Waals surface area contributed by atoms with E-state index in [2.05, 4.69) is 17.4 Å². The van der Waals surface area contributed by atoms with Crippen LogP contribution >= 0.6 is 11.8 Å². The molecule has 0 fully saturated rings. The first-order chi connectivity index (χ1) is 14.3. The molecule has 0 aromatic heterocycles. The average molecular weight is 428 g/mol. The van der Waals surface area contributed by atoms with Crippen molar-refractivity contribution in [1.29, 1.82) is 0 Å². The Balaban J connectivity index is 1.79. The molecule has 0 heterocycles. The van der Waals surface area contributed by atoms with Crippen molar-refractivity contribution in [3.63, 3.8) is 0 Å². The molecule has 0 saturated carbocycles. The molecular formula is C24H29NO4S. The number of nitrogens with one attached hydrogen (secondary N) is 1. The highest BCUT2D eigenvalue weighted by atomic mass is 32.2. The van der Waals surface area contributed by atoms with E-state index < -0.39 is 11.4 Å². The van der Waals surface area contributed by atoms with Gasteiger partial charge in [-0.15, -0.1) is 11.8 Å². The quantitative estimate of drug-likeness (QED) is 0.348. The normalized spacial score (nSPS) is 11.0. The van der Waals surface area contributed by atoms with Gasteiger partial charge in [-0.1, -0.05) is 63.2 Å². The Kier molecular flexibility index (Phi) is 9.12. The Labute approximate surface area is 182 Å². The minimum absolute atomic E-state index is 0.0841. The molecule has 2 aromatic carbocycles. The topological polar surface area (TPSA) is 72.5 Å². The highest BCUT2D eigenvalue weighted by Gasteiger charge is 2.23. The molecule has 2 aromatic rings. The van der Waals surface area contributed by atoms with E-state index in [9.17, 15) is 14.4 Å². The van der Waals surface area contributed by atoms with Gasteiger partial charge in [0.1, 0.15) is 0 Å². The monoisotopic (exact) mass is 427 g/mol. The third kappa shape index (κ3) is 8.03. The van der Waals surface area contributed by atoms with Crippen LogP contribution in [0.3, 0.4) is 0 Å². The maximum Gasteiger partial charge on any atom is 0.339 e. The molecular weight excluding hydrogens is 398 g/mol. The molecule has 30 heavy (non-hydrogen) atoms. The SMILES string of the molecule is CC(C)(C)C(=O)COC(=O)c1ccccc1SCC(=O)NCCCc1ccccc1. The van der Waals surface area contributed by atoms with Crippen LogP contribution in [-0.2, 0) is 20.7 Å². The number of hydrogen-bond acceptors (Lipinski definition) is 5. The Hall–Kier alpha value is -2.60. The van der Waals surface area contributed by atoms with E-state index in [0.717, 1.165) is 12.8 Å². The molecule has 6 heteroatoms. The number of thioether (sulfide) groups is 1. The molecule has 160 valence electrons. The predicted octanol–water partition coefficient (Wildman–Crippen LogP) is 4.30. The zero-order chi connectivity index (χ0) is 22.0. The summed E-state index contributed by atoms with van der Waals surface area (Å²) in [5.74, 6) is -0.578. The van der Waals surface area contributed by atoms with Crippen LogP contribution in [0.2, 0.25) is 0 Å². The van der Waals surface area contributed by atoms with Gasteiger partial charge in [-0.05, 0) is 30.5 Å². The number of rotatable bonds is 10. The van der Waals surface area contributed by atoms with E-state index in [0.29, 0.717) is 17.0 Å². The van der Waals surface area contributed by atoms with Gasteiger partial charge < -0.3 is 10.1 Å². The van der Waals surface area contributed by atoms with Gasteiger partial charge in [0.15, 0.2) is 12.4 Å². The lowest BCUT2D eigenvalue weighted by atomic mass is 9.91. The number of aryl methyl sites for hydroxylation is 1. The Morgan fingerprint density at radius 1 is 0.967 bits per heavy atom. The van der Waals surface area contributed by atoms with E-state index in [1.54, 1.807) is 45.0 Å². The van der Waals surface area contributed by atoms with Crippen LogP contribution in [0.15, 0.2) is 59.5 Å². The van der Waals surface area contributed by atoms with Crippen LogP contribution in [0.25, 0.3) is 0 Å². The molecule has 5 nitrogen and oxygen atoms in total. The van der Waals surface area contributed by atoms with Crippen molar-refractivity contribution in [2.24, 2.45) is 5.41 Å². The lowest BCUT2D eigenvalue weighted by molar-refractivity contribution is -0.129. The molecule has 0 aliphatic heterocycles. The van der Waals surface area contributed by atoms with E-state index in [4.69, 9.17) is 4.74 Å². The van der Waals surface area contributed by atoms with Crippen LogP contribution in [0.1, 0.15) is 43.1 Å². The summed E-state index contributed by atoms with van der Waals surface area (Å²) in [4.78, 5) is 37.2. The summed E-state index contributed by atoms with van der Waals surface area (Å²) in [7, 11) is 0. The predicted molar refractivity (Wildman–Crippen MR) is 120 cm³/mol. The average Bonchev–Trinajstić information content (AvgIpc) is 2.73. The smallest absolute Gasteiger partial charge is 0.339 e. The highest BCUT2D eigenvalue weighted by Crippen LogP contribution is 2.23. The van der Waals surface area contributed by atoms with Crippen molar-refractivity contribution >= 4 is 29.4 Å². The second-order valence-electron chi connectivity index (χ2n) is 7.97. The number of hydrogen-bond donors (Lipinski definition) is 1. The Bertz CT molecular complexity index is 859. The number of carbonyl (C=O) groups excluding carboxylic acids is 3. The van der Waals surface area contributed by atoms with Crippen molar-refractivity contribution in [2.45, 2.75) is 38.5 Å². The first kappa shape index (κ1) is 23.7. The number of ketones is 1. The molecule has 0 bridgehead atoms. The molecule has 2 rings (SSSR count). The Morgan fingerprint density at radius 2 is 1.63 bits per heavy atom. The minimum Gasteiger partial charge on any atom is -0.454 e. The van der Waals surface area contributed by atoms with E-state index >= 15 is 0 Å². The first-order valence-electron chi connectivity index (χ1n) is 10.0. The maximum atomic E-state index is 12.4. The van der Waals surface area contributed by atoms with Crippen molar-refractivity contribution in [3.8, 4) is 0 Å². The zero-order valence-corrected chi connectivity index (χ0v) is 18.6. The molecule has 1 N–H and O–H groups in total. The summed E-state index contributed by atoms with van der Waals surface area (Å²) in [5.41, 5.74) is 1.05. The number of esters is 1. The van der Waals surface area contributed by atoms with Gasteiger partial charge in [0.05, 0.1) is 11.3 Å². The van der Waals surface area contributed by atoms with Crippen molar-refractivity contribution < 1.29 is 19.1 Å². The van der Waals surface area contributed by atoms with Gasteiger partial charge in [-0.3, -0.25) is 9.59 Å². The molecule has 0 unspecified atom stereocenters. The maximum absolute atomic E-state index is 12.4. The second-order valence-corrected chi connectivity index (χ2v) is 8.99. The van der Waals surface area contributed by atoms with Gasteiger partial charge in [0.25, 0.3) is 0 Å². The number of Topliss-reactive ketones (excluding diaryl/α,β-unsaturated/α-hetero) is 1. The van der Waals surface area contributed by atoms with Crippen molar-refractivity contribution in [1.82, 2.24) is 5.32 Å². The zero-order valence-electron chi connectivity index (χ0n) is 17.8. The van der Waals surface area contributed by atoms with Crippen LogP contribution < -0.4 is 5.32 Å². The molecule has 0 aliphatic carbocycles. The lowest BCUT2D eigenvalue weighted by Crippen LogP contribution is -2.27. The minimum atomic E-state index is -0.562. The molecule has 0 radical (unpaired) electrons. The largest absolute Gasteiger partial charge is 0.454 e. The summed E-state index contributed by atoms with van der Waals surface area (Å²) in [6, 6.07) is 17.1. The number of ether oxygens (including phenoxy) is 1. The van der Waals surface area contributed by atoms with Crippen molar-refractivity contribution in [2.75, 3.05) is 18.9 Å². The molecule has 0 atom stereocenters. The summed E-state index contributed by atoms with van der Waals surface area (Å²) >= 11 is 1.28. The molecule has 0 saturated heterocycles. The second kappa shape index (κ2) is 11.6. The number of carbonyl (C=O) groups is 3. The number of amides is 1. The van der Waals surface area contributed by atoms with Gasteiger partial charge in [-0.2, -0.15) is 0 Å². The summed E-state index contributed by atoms with van der Waals surface area (Å²) in [6.45, 7) is 5.69. The van der Waals surface area contributed by atoms with E-state index in [-0.39, 0.29) is 24.1 Å². The number of benzene rings is 2. The Morgan fingerprint density at radius 3 is 2.33 bits per heavy atom. The summed E-state index contributed by atoms with van der Waals surface area (Å²) < 4.78 is 5.18. The standard InChI is InChI=1S/C24H29NO4S/c1-24(2,3)21(26)16-29-23(28)19-13-7-8-14-20(19)30-17-22(27)25-15-9-12-18-10-5-4-6-11-18/h4-8,10-11,13-14H,9,12,15-17H2,1-3H3,(H,25,27). The summed E-state index contributed by atoms with van der Waals surface area (Å²) in [5, 5.41) is 2.91. The van der Waals surface area contributed by atoms with Crippen molar-refractivity contribution in [3.05, 3.63) is 65.7 Å². The van der Waals surface area contributed by atoms with Gasteiger partial charge in [-0.25, -0.2) is 4.79 Å². The van der Waals surface area contributed by atoms with Crippen LogP contribution in [0, 0.1) is 5.41 Å². The lowest BCUT2D eigenvalue weighted by Gasteiger charge is -2.16. The third-order valence-corrected chi connectivity index (χ3v) is 5.52. The van der Waals surface area contributed by atoms with Gasteiger partial charge >= 0.3 is 5.97 Å². The summed E-state index contributed by atoms with van der Waals surface area (Å²) in [6.07, 6.45) is 1.78. The third-order valence-electron chi connectivity index (χ3n) is 4.44. The van der Waals surface area contributed by atoms with Gasteiger partial charge in [0.2, 0.25) is 5.91 Å². The fraction of sp³-hybridized carbons (Fsp3) is 0.375. The van der Waals surface area contributed by atoms with Crippen LogP contribution in [0.4, 0.5) is 0 Å². The van der Waals surface area contributed by atoms with Gasteiger partial charge in [0, 0.05) is 16.9 Å². The fourth-order valence-corrected chi connectivity index (χ4v) is 3.42. The molecule has 0 spiro atoms.